The number of carbonyl (C=O) groups is 2. The van der Waals surface area contributed by atoms with E-state index in [0.717, 1.165) is 51.6 Å². The van der Waals surface area contributed by atoms with Crippen LogP contribution in [0, 0.1) is 0 Å². The van der Waals surface area contributed by atoms with Gasteiger partial charge in [0.25, 0.3) is 0 Å². The van der Waals surface area contributed by atoms with Crippen molar-refractivity contribution in [3.8, 4) is 0 Å². The lowest BCUT2D eigenvalue weighted by atomic mass is 10.0. The number of nitrogens with one attached hydrogen (secondary N) is 2. The Labute approximate surface area is 544 Å². The summed E-state index contributed by atoms with van der Waals surface area (Å²) in [6.45, 7) is 6.21. The molecule has 0 aromatic carbocycles. The van der Waals surface area contributed by atoms with E-state index in [1.807, 2.05) is 0 Å². The summed E-state index contributed by atoms with van der Waals surface area (Å²) >= 11 is 0. The van der Waals surface area contributed by atoms with Crippen LogP contribution in [0.1, 0.15) is 502 Å². The Balaban J connectivity index is 3.20. The van der Waals surface area contributed by atoms with E-state index in [1.54, 1.807) is 0 Å². The summed E-state index contributed by atoms with van der Waals surface area (Å²) < 4.78 is 0. The van der Waals surface area contributed by atoms with Gasteiger partial charge in [-0.15, -0.1) is 0 Å². The van der Waals surface area contributed by atoms with Gasteiger partial charge in [0.2, 0.25) is 11.8 Å². The molecule has 4 heteroatoms. The minimum Gasteiger partial charge on any atom is -0.356 e. The highest BCUT2D eigenvalue weighted by Gasteiger charge is 2.05. The molecule has 0 spiro atoms. The van der Waals surface area contributed by atoms with Crippen molar-refractivity contribution in [1.29, 1.82) is 0 Å². The van der Waals surface area contributed by atoms with E-state index < -0.39 is 0 Å². The first-order valence-electron chi connectivity index (χ1n) is 41.2. The van der Waals surface area contributed by atoms with Crippen molar-refractivity contribution in [2.45, 2.75) is 502 Å². The molecule has 0 aliphatic carbocycles. The highest BCUT2D eigenvalue weighted by atomic mass is 16.2. The lowest BCUT2D eigenvalue weighted by Crippen LogP contribution is -2.24. The van der Waals surface area contributed by atoms with Crippen molar-refractivity contribution in [2.75, 3.05) is 13.1 Å². The summed E-state index contributed by atoms with van der Waals surface area (Å²) in [6.07, 6.45) is 106. The lowest BCUT2D eigenvalue weighted by Gasteiger charge is -2.07. The molecule has 0 aliphatic heterocycles. The molecular weight excluding hydrogens is 1040 g/mol. The van der Waals surface area contributed by atoms with Crippen LogP contribution in [0.15, 0.2) is 0 Å². The van der Waals surface area contributed by atoms with Gasteiger partial charge in [-0.05, 0) is 25.7 Å². The zero-order valence-electron chi connectivity index (χ0n) is 60.0. The van der Waals surface area contributed by atoms with Crippen LogP contribution in [-0.4, -0.2) is 24.9 Å². The van der Waals surface area contributed by atoms with E-state index in [-0.39, 0.29) is 11.8 Å². The zero-order chi connectivity index (χ0) is 61.7. The molecule has 0 radical (unpaired) electrons. The molecule has 2 N–H and O–H groups in total. The van der Waals surface area contributed by atoms with Crippen LogP contribution in [0.3, 0.4) is 0 Å². The van der Waals surface area contributed by atoms with Crippen LogP contribution in [0.25, 0.3) is 0 Å². The van der Waals surface area contributed by atoms with Crippen molar-refractivity contribution in [3.63, 3.8) is 0 Å². The molecule has 86 heavy (non-hydrogen) atoms. The fraction of sp³-hybridized carbons (Fsp3) is 0.976. The average Bonchev–Trinajstić information content (AvgIpc) is 3.52. The molecule has 0 bridgehead atoms. The monoisotopic (exact) mass is 1210 g/mol. The number of hydrogen-bond acceptors (Lipinski definition) is 2. The van der Waals surface area contributed by atoms with Crippen LogP contribution < -0.4 is 10.6 Å². The second kappa shape index (κ2) is 80.0. The molecule has 0 aromatic rings. The molecule has 0 aliphatic rings. The van der Waals surface area contributed by atoms with Gasteiger partial charge in [0.1, 0.15) is 0 Å². The maximum atomic E-state index is 12.3. The Morgan fingerprint density at radius 3 is 0.384 bits per heavy atom. The summed E-state index contributed by atoms with van der Waals surface area (Å²) in [4.78, 5) is 24.6. The average molecular weight is 1210 g/mol. The summed E-state index contributed by atoms with van der Waals surface area (Å²) in [5, 5.41) is 6.28. The van der Waals surface area contributed by atoms with Crippen molar-refractivity contribution in [1.82, 2.24) is 10.6 Å². The van der Waals surface area contributed by atoms with Crippen LogP contribution in [0.4, 0.5) is 0 Å². The van der Waals surface area contributed by atoms with Crippen LogP contribution in [0.5, 0.6) is 0 Å². The van der Waals surface area contributed by atoms with Gasteiger partial charge in [-0.25, -0.2) is 0 Å². The molecule has 0 unspecified atom stereocenters. The predicted octanol–water partition coefficient (Wildman–Crippen LogP) is 28.9. The Kier molecular flexibility index (Phi) is 79.0. The fourth-order valence-corrected chi connectivity index (χ4v) is 13.6. The minimum absolute atomic E-state index is 0.232. The lowest BCUT2D eigenvalue weighted by molar-refractivity contribution is -0.122. The fourth-order valence-electron chi connectivity index (χ4n) is 13.6. The van der Waals surface area contributed by atoms with Gasteiger partial charge in [0, 0.05) is 25.9 Å². The Bertz CT molecular complexity index is 1130. The summed E-state index contributed by atoms with van der Waals surface area (Å²) in [7, 11) is 0. The molecule has 0 saturated heterocycles. The third kappa shape index (κ3) is 79.0. The maximum Gasteiger partial charge on any atom is 0.219 e. The molecule has 4 nitrogen and oxygen atoms in total. The Hall–Kier alpha value is -1.06. The van der Waals surface area contributed by atoms with Crippen molar-refractivity contribution in [2.24, 2.45) is 0 Å². The molecule has 0 fully saturated rings. The van der Waals surface area contributed by atoms with Gasteiger partial charge in [0.05, 0.1) is 0 Å². The first kappa shape index (κ1) is 84.9. The molecule has 0 heterocycles. The van der Waals surface area contributed by atoms with Gasteiger partial charge >= 0.3 is 0 Å². The normalized spacial score (nSPS) is 11.6. The maximum absolute atomic E-state index is 12.3. The second-order valence-corrected chi connectivity index (χ2v) is 28.7. The molecular formula is C82H164N2O2. The van der Waals surface area contributed by atoms with Crippen LogP contribution in [-0.2, 0) is 9.59 Å². The third-order valence-corrected chi connectivity index (χ3v) is 19.8. The molecule has 0 atom stereocenters. The van der Waals surface area contributed by atoms with Crippen molar-refractivity contribution in [3.05, 3.63) is 0 Å². The van der Waals surface area contributed by atoms with Gasteiger partial charge < -0.3 is 10.6 Å². The summed E-state index contributed by atoms with van der Waals surface area (Å²) in [6, 6.07) is 0. The number of unbranched alkanes of at least 4 members (excludes halogenated alkanes) is 71. The highest BCUT2D eigenvalue weighted by Crippen LogP contribution is 2.21. The Morgan fingerprint density at radius 2 is 0.256 bits per heavy atom. The largest absolute Gasteiger partial charge is 0.356 e. The van der Waals surface area contributed by atoms with Crippen LogP contribution >= 0.6 is 0 Å². The predicted molar refractivity (Wildman–Crippen MR) is 388 cm³/mol. The van der Waals surface area contributed by atoms with E-state index in [2.05, 4.69) is 24.5 Å². The highest BCUT2D eigenvalue weighted by molar-refractivity contribution is 5.76. The molecule has 0 saturated carbocycles. The smallest absolute Gasteiger partial charge is 0.219 e. The van der Waals surface area contributed by atoms with Crippen LogP contribution in [0.2, 0.25) is 0 Å². The van der Waals surface area contributed by atoms with Gasteiger partial charge in [-0.2, -0.15) is 0 Å². The first-order valence-corrected chi connectivity index (χ1v) is 41.2. The molecule has 2 amide bonds. The first-order chi connectivity index (χ1) is 42.7. The summed E-state index contributed by atoms with van der Waals surface area (Å²) in [5.41, 5.74) is 0. The van der Waals surface area contributed by atoms with Gasteiger partial charge in [-0.3, -0.25) is 9.59 Å². The van der Waals surface area contributed by atoms with Crippen molar-refractivity contribution < 1.29 is 9.59 Å². The quantitative estimate of drug-likeness (QED) is 0.0596. The zero-order valence-corrected chi connectivity index (χ0v) is 60.0. The molecule has 514 valence electrons. The minimum atomic E-state index is 0.232. The van der Waals surface area contributed by atoms with Gasteiger partial charge in [0.15, 0.2) is 0 Å². The van der Waals surface area contributed by atoms with E-state index >= 15 is 0 Å². The van der Waals surface area contributed by atoms with E-state index in [0.29, 0.717) is 12.8 Å². The van der Waals surface area contributed by atoms with E-state index in [1.165, 1.54) is 437 Å². The number of carbonyl (C=O) groups excluding carboxylic acids is 2. The standard InChI is InChI=1S/C82H164N2O2/c1-3-5-7-9-11-13-15-17-19-21-23-25-27-29-31-33-35-37-39-41-43-45-47-49-51-53-55-57-59-61-63-65-67-69-73-77-81(85)83-79-75-71-72-76-80-84-82(86)78-74-70-68-66-64-62-60-58-56-54-52-50-48-46-44-42-40-38-36-34-32-30-28-26-24-22-20-18-16-14-12-10-8-6-4-2/h3-80H2,1-2H3,(H,83,85)(H,84,86). The number of amides is 2. The number of hydrogen-bond donors (Lipinski definition) is 2. The second-order valence-electron chi connectivity index (χ2n) is 28.7. The Morgan fingerprint density at radius 1 is 0.151 bits per heavy atom. The topological polar surface area (TPSA) is 58.2 Å². The summed E-state index contributed by atoms with van der Waals surface area (Å²) in [5.74, 6) is 0.464. The molecule has 0 rings (SSSR count). The molecule has 0 aromatic heterocycles. The van der Waals surface area contributed by atoms with Gasteiger partial charge in [-0.1, -0.05) is 463 Å². The van der Waals surface area contributed by atoms with E-state index in [9.17, 15) is 9.59 Å². The third-order valence-electron chi connectivity index (χ3n) is 19.8. The number of rotatable bonds is 79. The van der Waals surface area contributed by atoms with E-state index in [4.69, 9.17) is 0 Å². The van der Waals surface area contributed by atoms with Crippen molar-refractivity contribution >= 4 is 11.8 Å². The SMILES string of the molecule is CCCCCCCCCCCCCCCCCCCCCCCCCCCCCCCCCCCCCC(=O)NCCCCCCNC(=O)CCCCCCCCCCCCCCCCCCCCCCCCCCCCCCCCCCCCC.